The zero-order chi connectivity index (χ0) is 18.1. The van der Waals surface area contributed by atoms with Crippen molar-refractivity contribution in [2.24, 2.45) is 0 Å². The lowest BCUT2D eigenvalue weighted by molar-refractivity contribution is 0.211. The molecule has 0 unspecified atom stereocenters. The molecular formula is C20H25N7. The summed E-state index contributed by atoms with van der Waals surface area (Å²) in [5.41, 5.74) is 2.99. The number of rotatable bonds is 6. The van der Waals surface area contributed by atoms with Gasteiger partial charge >= 0.3 is 0 Å². The summed E-state index contributed by atoms with van der Waals surface area (Å²) >= 11 is 0. The minimum absolute atomic E-state index is 0.405. The van der Waals surface area contributed by atoms with Crippen molar-refractivity contribution in [3.8, 4) is 0 Å². The van der Waals surface area contributed by atoms with Crippen LogP contribution in [0.1, 0.15) is 31.2 Å². The largest absolute Gasteiger partial charge is 0.365 e. The molecule has 1 aliphatic carbocycles. The Labute approximate surface area is 158 Å². The number of aromatic nitrogens is 4. The number of hydrogen-bond donors (Lipinski definition) is 3. The summed E-state index contributed by atoms with van der Waals surface area (Å²) in [4.78, 5) is 19.3. The molecule has 0 radical (unpaired) electrons. The number of imidazole rings is 1. The summed E-state index contributed by atoms with van der Waals surface area (Å²) in [6.07, 6.45) is 6.30. The van der Waals surface area contributed by atoms with E-state index < -0.39 is 0 Å². The second-order valence-corrected chi connectivity index (χ2v) is 7.60. The highest BCUT2D eigenvalue weighted by Gasteiger charge is 2.24. The Kier molecular flexibility index (Phi) is 4.37. The van der Waals surface area contributed by atoms with Gasteiger partial charge in [-0.25, -0.2) is 4.98 Å². The zero-order valence-corrected chi connectivity index (χ0v) is 15.4. The van der Waals surface area contributed by atoms with E-state index in [1.807, 2.05) is 0 Å². The van der Waals surface area contributed by atoms with Gasteiger partial charge in [0, 0.05) is 31.7 Å². The maximum atomic E-state index is 4.72. The van der Waals surface area contributed by atoms with Crippen LogP contribution >= 0.6 is 0 Å². The van der Waals surface area contributed by atoms with Gasteiger partial charge in [0.05, 0.1) is 6.33 Å². The maximum absolute atomic E-state index is 4.72. The van der Waals surface area contributed by atoms with Crippen LogP contribution in [0.25, 0.3) is 11.2 Å². The molecule has 2 aliphatic rings. The van der Waals surface area contributed by atoms with E-state index in [-0.39, 0.29) is 0 Å². The predicted molar refractivity (Wildman–Crippen MR) is 107 cm³/mol. The Morgan fingerprint density at radius 2 is 1.74 bits per heavy atom. The van der Waals surface area contributed by atoms with Gasteiger partial charge in [0.15, 0.2) is 11.5 Å². The molecule has 0 atom stereocenters. The SMILES string of the molecule is c1ccc(CN2CCC(Nc3nc(NC4CC4)c4[nH]cnc4n3)CC2)cc1. The third-order valence-electron chi connectivity index (χ3n) is 5.37. The first-order valence-corrected chi connectivity index (χ1v) is 9.84. The van der Waals surface area contributed by atoms with Gasteiger partial charge in [-0.15, -0.1) is 0 Å². The minimum atomic E-state index is 0.405. The Morgan fingerprint density at radius 3 is 2.52 bits per heavy atom. The number of nitrogens with one attached hydrogen (secondary N) is 3. The van der Waals surface area contributed by atoms with Crippen LogP contribution in [0.2, 0.25) is 0 Å². The second-order valence-electron chi connectivity index (χ2n) is 7.60. The van der Waals surface area contributed by atoms with Crippen LogP contribution in [-0.4, -0.2) is 50.0 Å². The fraction of sp³-hybridized carbons (Fsp3) is 0.450. The molecule has 3 aromatic rings. The summed E-state index contributed by atoms with van der Waals surface area (Å²) in [7, 11) is 0. The van der Waals surface area contributed by atoms with Crippen molar-refractivity contribution in [2.75, 3.05) is 23.7 Å². The molecule has 140 valence electrons. The van der Waals surface area contributed by atoms with Crippen LogP contribution in [0.3, 0.4) is 0 Å². The van der Waals surface area contributed by atoms with E-state index in [1.165, 1.54) is 18.4 Å². The number of piperidine rings is 1. The molecule has 27 heavy (non-hydrogen) atoms. The maximum Gasteiger partial charge on any atom is 0.227 e. The molecule has 0 amide bonds. The van der Waals surface area contributed by atoms with Crippen LogP contribution in [0.5, 0.6) is 0 Å². The number of likely N-dealkylation sites (tertiary alicyclic amines) is 1. The number of H-pyrrole nitrogens is 1. The minimum Gasteiger partial charge on any atom is -0.365 e. The average Bonchev–Trinajstić information content (AvgIpc) is 3.38. The molecule has 7 heteroatoms. The van der Waals surface area contributed by atoms with Crippen LogP contribution in [0.4, 0.5) is 11.8 Å². The zero-order valence-electron chi connectivity index (χ0n) is 15.4. The topological polar surface area (TPSA) is 81.8 Å². The molecule has 3 N–H and O–H groups in total. The van der Waals surface area contributed by atoms with E-state index in [0.717, 1.165) is 49.5 Å². The van der Waals surface area contributed by atoms with E-state index in [2.05, 4.69) is 60.8 Å². The number of nitrogens with zero attached hydrogens (tertiary/aromatic N) is 4. The molecule has 0 bridgehead atoms. The molecule has 3 heterocycles. The van der Waals surface area contributed by atoms with Crippen molar-refractivity contribution in [1.29, 1.82) is 0 Å². The summed E-state index contributed by atoms with van der Waals surface area (Å²) < 4.78 is 0. The van der Waals surface area contributed by atoms with E-state index in [0.29, 0.717) is 18.0 Å². The van der Waals surface area contributed by atoms with Gasteiger partial charge in [0.1, 0.15) is 5.52 Å². The van der Waals surface area contributed by atoms with Gasteiger partial charge in [-0.05, 0) is 31.2 Å². The van der Waals surface area contributed by atoms with Crippen molar-refractivity contribution in [1.82, 2.24) is 24.8 Å². The highest BCUT2D eigenvalue weighted by Crippen LogP contribution is 2.28. The first-order chi connectivity index (χ1) is 13.3. The average molecular weight is 363 g/mol. The van der Waals surface area contributed by atoms with Gasteiger partial charge in [-0.1, -0.05) is 30.3 Å². The smallest absolute Gasteiger partial charge is 0.227 e. The monoisotopic (exact) mass is 363 g/mol. The Hall–Kier alpha value is -2.67. The fourth-order valence-corrected chi connectivity index (χ4v) is 3.68. The van der Waals surface area contributed by atoms with Gasteiger partial charge in [0.25, 0.3) is 0 Å². The van der Waals surface area contributed by atoms with Gasteiger partial charge in [-0.2, -0.15) is 9.97 Å². The quantitative estimate of drug-likeness (QED) is 0.625. The molecule has 5 rings (SSSR count). The molecule has 2 fully saturated rings. The van der Waals surface area contributed by atoms with Gasteiger partial charge in [-0.3, -0.25) is 4.90 Å². The Bertz CT molecular complexity index is 895. The lowest BCUT2D eigenvalue weighted by atomic mass is 10.0. The number of anilines is 2. The van der Waals surface area contributed by atoms with Crippen molar-refractivity contribution in [3.05, 3.63) is 42.2 Å². The van der Waals surface area contributed by atoms with Crippen LogP contribution in [0, 0.1) is 0 Å². The first kappa shape index (κ1) is 16.5. The molecule has 1 aliphatic heterocycles. The van der Waals surface area contributed by atoms with E-state index in [1.54, 1.807) is 6.33 Å². The molecular weight excluding hydrogens is 338 g/mol. The predicted octanol–water partition coefficient (Wildman–Crippen LogP) is 3.00. The molecule has 2 aromatic heterocycles. The van der Waals surface area contributed by atoms with Crippen molar-refractivity contribution >= 4 is 22.9 Å². The van der Waals surface area contributed by atoms with E-state index in [4.69, 9.17) is 4.98 Å². The van der Waals surface area contributed by atoms with Crippen LogP contribution in [0.15, 0.2) is 36.7 Å². The first-order valence-electron chi connectivity index (χ1n) is 9.84. The molecule has 1 aromatic carbocycles. The van der Waals surface area contributed by atoms with Crippen LogP contribution in [-0.2, 0) is 6.54 Å². The van der Waals surface area contributed by atoms with E-state index >= 15 is 0 Å². The summed E-state index contributed by atoms with van der Waals surface area (Å²) in [5.74, 6) is 1.54. The van der Waals surface area contributed by atoms with Crippen LogP contribution < -0.4 is 10.6 Å². The lowest BCUT2D eigenvalue weighted by Gasteiger charge is -2.32. The van der Waals surface area contributed by atoms with E-state index in [9.17, 15) is 0 Å². The second kappa shape index (κ2) is 7.15. The third-order valence-corrected chi connectivity index (χ3v) is 5.37. The van der Waals surface area contributed by atoms with Crippen molar-refractivity contribution in [3.63, 3.8) is 0 Å². The number of aromatic amines is 1. The Balaban J connectivity index is 1.22. The summed E-state index contributed by atoms with van der Waals surface area (Å²) in [6.45, 7) is 3.20. The Morgan fingerprint density at radius 1 is 0.963 bits per heavy atom. The van der Waals surface area contributed by atoms with Gasteiger partial charge in [0.2, 0.25) is 5.95 Å². The number of fused-ring (bicyclic) bond motifs is 1. The normalized spacial score (nSPS) is 18.7. The highest BCUT2D eigenvalue weighted by atomic mass is 15.2. The number of hydrogen-bond acceptors (Lipinski definition) is 6. The van der Waals surface area contributed by atoms with Crippen molar-refractivity contribution in [2.45, 2.75) is 44.3 Å². The molecule has 7 nitrogen and oxygen atoms in total. The van der Waals surface area contributed by atoms with Gasteiger partial charge < -0.3 is 15.6 Å². The summed E-state index contributed by atoms with van der Waals surface area (Å²) in [5, 5.41) is 7.02. The third kappa shape index (κ3) is 3.88. The number of benzene rings is 1. The molecule has 1 saturated heterocycles. The summed E-state index contributed by atoms with van der Waals surface area (Å²) in [6, 6.07) is 11.6. The molecule has 0 spiro atoms. The standard InChI is InChI=1S/C20H25N7/c1-2-4-14(5-3-1)12-27-10-8-16(9-11-27)24-20-25-18-17(21-13-22-18)19(26-20)23-15-6-7-15/h1-5,13,15-16H,6-12H2,(H3,21,22,23,24,25,26). The molecule has 1 saturated carbocycles. The lowest BCUT2D eigenvalue weighted by Crippen LogP contribution is -2.39. The highest BCUT2D eigenvalue weighted by molar-refractivity contribution is 5.83. The fourth-order valence-electron chi connectivity index (χ4n) is 3.68. The van der Waals surface area contributed by atoms with Crippen molar-refractivity contribution < 1.29 is 0 Å².